The van der Waals surface area contributed by atoms with Crippen molar-refractivity contribution in [3.8, 4) is 5.75 Å². The van der Waals surface area contributed by atoms with Crippen LogP contribution in [0.4, 0.5) is 4.79 Å². The summed E-state index contributed by atoms with van der Waals surface area (Å²) in [5.41, 5.74) is 0.962. The molecule has 2 amide bonds. The van der Waals surface area contributed by atoms with Gasteiger partial charge in [0.25, 0.3) is 0 Å². The maximum absolute atomic E-state index is 12.4. The molecular formula is C17H22N2O4. The van der Waals surface area contributed by atoms with Crippen LogP contribution in [-0.2, 0) is 4.79 Å². The molecule has 0 radical (unpaired) electrons. The Morgan fingerprint density at radius 1 is 1.35 bits per heavy atom. The van der Waals surface area contributed by atoms with Gasteiger partial charge in [-0.3, -0.25) is 4.79 Å². The molecule has 0 bridgehead atoms. The van der Waals surface area contributed by atoms with Gasteiger partial charge in [-0.05, 0) is 36.5 Å². The number of hydrogen-bond donors (Lipinski definition) is 2. The minimum atomic E-state index is -1.05. The molecule has 0 aromatic heterocycles. The molecule has 1 aliphatic heterocycles. The molecule has 0 spiro atoms. The molecule has 1 aromatic carbocycles. The van der Waals surface area contributed by atoms with Crippen molar-refractivity contribution in [3.05, 3.63) is 29.8 Å². The van der Waals surface area contributed by atoms with Crippen molar-refractivity contribution in [1.29, 1.82) is 0 Å². The third-order valence-corrected chi connectivity index (χ3v) is 4.68. The Balaban J connectivity index is 1.77. The molecule has 1 saturated carbocycles. The maximum Gasteiger partial charge on any atom is 0.404 e. The smallest absolute Gasteiger partial charge is 0.404 e. The minimum absolute atomic E-state index is 0.112. The fraction of sp³-hybridized carbons (Fsp3) is 0.529. The van der Waals surface area contributed by atoms with E-state index in [-0.39, 0.29) is 17.9 Å². The molecule has 2 aliphatic rings. The summed E-state index contributed by atoms with van der Waals surface area (Å²) < 4.78 is 5.15. The van der Waals surface area contributed by atoms with E-state index in [4.69, 9.17) is 9.84 Å². The van der Waals surface area contributed by atoms with Gasteiger partial charge in [0.2, 0.25) is 5.91 Å². The molecular weight excluding hydrogens is 296 g/mol. The number of nitrogens with zero attached hydrogens (tertiary/aromatic N) is 1. The lowest BCUT2D eigenvalue weighted by Gasteiger charge is -2.38. The lowest BCUT2D eigenvalue weighted by molar-refractivity contribution is -0.135. The van der Waals surface area contributed by atoms with Gasteiger partial charge >= 0.3 is 6.09 Å². The Labute approximate surface area is 135 Å². The van der Waals surface area contributed by atoms with E-state index in [1.165, 1.54) is 12.8 Å². The van der Waals surface area contributed by atoms with Gasteiger partial charge in [0.1, 0.15) is 5.75 Å². The third kappa shape index (κ3) is 3.75. The number of methoxy groups -OCH3 is 1. The molecule has 6 nitrogen and oxygen atoms in total. The highest BCUT2D eigenvalue weighted by atomic mass is 16.5. The van der Waals surface area contributed by atoms with Crippen LogP contribution in [0, 0.1) is 5.92 Å². The van der Waals surface area contributed by atoms with Crippen molar-refractivity contribution in [2.75, 3.05) is 20.2 Å². The van der Waals surface area contributed by atoms with Crippen LogP contribution in [0.1, 0.15) is 30.7 Å². The monoisotopic (exact) mass is 318 g/mol. The Bertz CT molecular complexity index is 583. The minimum Gasteiger partial charge on any atom is -0.497 e. The summed E-state index contributed by atoms with van der Waals surface area (Å²) in [5.74, 6) is 1.32. The largest absolute Gasteiger partial charge is 0.497 e. The second kappa shape index (κ2) is 6.48. The third-order valence-electron chi connectivity index (χ3n) is 4.68. The van der Waals surface area contributed by atoms with Gasteiger partial charge in [-0.15, -0.1) is 0 Å². The van der Waals surface area contributed by atoms with Crippen LogP contribution >= 0.6 is 0 Å². The van der Waals surface area contributed by atoms with Gasteiger partial charge in [0.15, 0.2) is 0 Å². The predicted molar refractivity (Wildman–Crippen MR) is 84.6 cm³/mol. The normalized spacial score (nSPS) is 24.4. The van der Waals surface area contributed by atoms with Crippen LogP contribution in [0.25, 0.3) is 0 Å². The average Bonchev–Trinajstić information content (AvgIpc) is 3.34. The maximum atomic E-state index is 12.4. The van der Waals surface area contributed by atoms with E-state index in [1.54, 1.807) is 7.11 Å². The molecule has 1 heterocycles. The van der Waals surface area contributed by atoms with Crippen molar-refractivity contribution < 1.29 is 19.4 Å². The number of benzene rings is 1. The summed E-state index contributed by atoms with van der Waals surface area (Å²) in [6.07, 6.45) is 1.63. The molecule has 2 fully saturated rings. The Kier molecular flexibility index (Phi) is 4.41. The summed E-state index contributed by atoms with van der Waals surface area (Å²) in [5, 5.41) is 11.7. The number of ether oxygens (including phenoxy) is 1. The highest BCUT2D eigenvalue weighted by Gasteiger charge is 2.38. The highest BCUT2D eigenvalue weighted by Crippen LogP contribution is 2.34. The number of carboxylic acid groups (broad SMARTS) is 1. The molecule has 1 saturated heterocycles. The van der Waals surface area contributed by atoms with Crippen LogP contribution in [-0.4, -0.2) is 48.2 Å². The number of likely N-dealkylation sites (tertiary alicyclic amines) is 1. The fourth-order valence-electron chi connectivity index (χ4n) is 3.22. The first-order valence-corrected chi connectivity index (χ1v) is 7.98. The van der Waals surface area contributed by atoms with E-state index in [9.17, 15) is 9.59 Å². The van der Waals surface area contributed by atoms with E-state index in [1.807, 2.05) is 29.2 Å². The Morgan fingerprint density at radius 3 is 2.61 bits per heavy atom. The number of amides is 2. The van der Waals surface area contributed by atoms with Crippen LogP contribution in [0.3, 0.4) is 0 Å². The molecule has 6 heteroatoms. The van der Waals surface area contributed by atoms with Crippen LogP contribution in [0.15, 0.2) is 24.3 Å². The van der Waals surface area contributed by atoms with Gasteiger partial charge in [0.05, 0.1) is 13.2 Å². The van der Waals surface area contributed by atoms with Crippen molar-refractivity contribution in [2.24, 2.45) is 5.92 Å². The number of nitrogens with one attached hydrogen (secondary N) is 1. The molecule has 2 unspecified atom stereocenters. The first kappa shape index (κ1) is 15.6. The van der Waals surface area contributed by atoms with Gasteiger partial charge in [0, 0.05) is 25.4 Å². The average molecular weight is 318 g/mol. The second-order valence-corrected chi connectivity index (χ2v) is 6.38. The number of hydrogen-bond acceptors (Lipinski definition) is 3. The van der Waals surface area contributed by atoms with Crippen molar-refractivity contribution >= 4 is 12.0 Å². The van der Waals surface area contributed by atoms with Crippen LogP contribution in [0.5, 0.6) is 5.75 Å². The summed E-state index contributed by atoms with van der Waals surface area (Å²) >= 11 is 0. The lowest BCUT2D eigenvalue weighted by Crippen LogP contribution is -2.54. The molecule has 1 aromatic rings. The SMILES string of the molecule is COc1ccc(C2CC(=O)N(CC3CC3)CC2NC(=O)O)cc1. The van der Waals surface area contributed by atoms with Crippen LogP contribution < -0.4 is 10.1 Å². The van der Waals surface area contributed by atoms with E-state index < -0.39 is 6.09 Å². The van der Waals surface area contributed by atoms with E-state index in [0.717, 1.165) is 17.9 Å². The molecule has 124 valence electrons. The van der Waals surface area contributed by atoms with Gasteiger partial charge < -0.3 is 20.1 Å². The lowest BCUT2D eigenvalue weighted by atomic mass is 9.84. The number of carbonyl (C=O) groups is 2. The summed E-state index contributed by atoms with van der Waals surface area (Å²) in [6, 6.07) is 7.22. The summed E-state index contributed by atoms with van der Waals surface area (Å²) in [7, 11) is 1.60. The van der Waals surface area contributed by atoms with Crippen LogP contribution in [0.2, 0.25) is 0 Å². The molecule has 3 rings (SSSR count). The number of carbonyl (C=O) groups excluding carboxylic acids is 1. The number of rotatable bonds is 5. The van der Waals surface area contributed by atoms with Crippen molar-refractivity contribution in [2.45, 2.75) is 31.2 Å². The summed E-state index contributed by atoms with van der Waals surface area (Å²) in [6.45, 7) is 1.20. The van der Waals surface area contributed by atoms with E-state index in [0.29, 0.717) is 18.9 Å². The summed E-state index contributed by atoms with van der Waals surface area (Å²) in [4.78, 5) is 25.4. The van der Waals surface area contributed by atoms with Gasteiger partial charge in [-0.1, -0.05) is 12.1 Å². The van der Waals surface area contributed by atoms with Crippen molar-refractivity contribution in [3.63, 3.8) is 0 Å². The topological polar surface area (TPSA) is 78.9 Å². The molecule has 2 atom stereocenters. The van der Waals surface area contributed by atoms with E-state index in [2.05, 4.69) is 5.32 Å². The van der Waals surface area contributed by atoms with Gasteiger partial charge in [-0.25, -0.2) is 4.79 Å². The molecule has 2 N–H and O–H groups in total. The zero-order valence-corrected chi connectivity index (χ0v) is 13.2. The first-order valence-electron chi connectivity index (χ1n) is 7.98. The zero-order valence-electron chi connectivity index (χ0n) is 13.2. The fourth-order valence-corrected chi connectivity index (χ4v) is 3.22. The Hall–Kier alpha value is -2.24. The zero-order chi connectivity index (χ0) is 16.4. The predicted octanol–water partition coefficient (Wildman–Crippen LogP) is 2.06. The van der Waals surface area contributed by atoms with E-state index >= 15 is 0 Å². The number of piperidine rings is 1. The molecule has 23 heavy (non-hydrogen) atoms. The Morgan fingerprint density at radius 2 is 2.04 bits per heavy atom. The second-order valence-electron chi connectivity index (χ2n) is 6.38. The molecule has 1 aliphatic carbocycles. The quantitative estimate of drug-likeness (QED) is 0.871. The van der Waals surface area contributed by atoms with Crippen molar-refractivity contribution in [1.82, 2.24) is 10.2 Å². The standard InChI is InChI=1S/C17H22N2O4/c1-23-13-6-4-12(5-7-13)14-8-16(20)19(9-11-2-3-11)10-15(14)18-17(21)22/h4-7,11,14-15,18H,2-3,8-10H2,1H3,(H,21,22). The highest BCUT2D eigenvalue weighted by molar-refractivity contribution is 5.79. The van der Waals surface area contributed by atoms with Gasteiger partial charge in [-0.2, -0.15) is 0 Å². The first-order chi connectivity index (χ1) is 11.1.